The molecule has 0 bridgehead atoms. The summed E-state index contributed by atoms with van der Waals surface area (Å²) in [6.07, 6.45) is 9.84. The SMILES string of the molecule is CC(N)C1=C[C@H](C=O)C2=COC=CC2=C1. The standard InChI is InChI=1S/C12H13NO2/c1-8(13)10-4-9-2-3-15-7-12(9)11(5-10)6-14/h2-8,11H,13H2,1H3/t8?,11-/m1/s1. The Labute approximate surface area is 88.6 Å². The fraction of sp³-hybridized carbons (Fsp3) is 0.250. The Balaban J connectivity index is 2.41. The summed E-state index contributed by atoms with van der Waals surface area (Å²) in [6, 6.07) is -0.0576. The molecule has 1 unspecified atom stereocenters. The Kier molecular flexibility index (Phi) is 2.56. The van der Waals surface area contributed by atoms with E-state index in [0.29, 0.717) is 0 Å². The largest absolute Gasteiger partial charge is 0.472 e. The van der Waals surface area contributed by atoms with Gasteiger partial charge in [0.1, 0.15) is 6.29 Å². The highest BCUT2D eigenvalue weighted by Crippen LogP contribution is 2.31. The molecule has 0 amide bonds. The smallest absolute Gasteiger partial charge is 0.131 e. The van der Waals surface area contributed by atoms with Crippen LogP contribution in [0.2, 0.25) is 0 Å². The second kappa shape index (κ2) is 3.87. The van der Waals surface area contributed by atoms with Crippen molar-refractivity contribution in [2.75, 3.05) is 0 Å². The van der Waals surface area contributed by atoms with E-state index in [1.54, 1.807) is 12.5 Å². The molecule has 78 valence electrons. The highest BCUT2D eigenvalue weighted by atomic mass is 16.5. The van der Waals surface area contributed by atoms with E-state index in [9.17, 15) is 4.79 Å². The number of ether oxygens (including phenoxy) is 1. The van der Waals surface area contributed by atoms with E-state index in [1.807, 2.05) is 25.2 Å². The predicted octanol–water partition coefficient (Wildman–Crippen LogP) is 1.44. The van der Waals surface area contributed by atoms with Crippen LogP contribution in [-0.2, 0) is 9.53 Å². The van der Waals surface area contributed by atoms with Crippen molar-refractivity contribution in [1.29, 1.82) is 0 Å². The molecule has 0 saturated heterocycles. The van der Waals surface area contributed by atoms with Crippen molar-refractivity contribution in [3.8, 4) is 0 Å². The van der Waals surface area contributed by atoms with Crippen LogP contribution in [-0.4, -0.2) is 12.3 Å². The predicted molar refractivity (Wildman–Crippen MR) is 57.7 cm³/mol. The average Bonchev–Trinajstić information content (AvgIpc) is 2.27. The van der Waals surface area contributed by atoms with Gasteiger partial charge in [-0.1, -0.05) is 6.08 Å². The molecule has 2 rings (SSSR count). The third-order valence-corrected chi connectivity index (χ3v) is 2.58. The molecule has 0 aromatic carbocycles. The summed E-state index contributed by atoms with van der Waals surface area (Å²) in [5.41, 5.74) is 8.70. The number of rotatable bonds is 2. The van der Waals surface area contributed by atoms with Crippen LogP contribution in [0.15, 0.2) is 47.5 Å². The van der Waals surface area contributed by atoms with Gasteiger partial charge in [0.05, 0.1) is 18.4 Å². The van der Waals surface area contributed by atoms with Crippen molar-refractivity contribution in [2.45, 2.75) is 13.0 Å². The van der Waals surface area contributed by atoms with Crippen molar-refractivity contribution >= 4 is 6.29 Å². The second-order valence-corrected chi connectivity index (χ2v) is 3.73. The van der Waals surface area contributed by atoms with Crippen molar-refractivity contribution in [1.82, 2.24) is 0 Å². The maximum absolute atomic E-state index is 10.9. The Bertz CT molecular complexity index is 400. The number of aldehydes is 1. The molecule has 0 aromatic rings. The number of carbonyl (C=O) groups is 1. The summed E-state index contributed by atoms with van der Waals surface area (Å²) in [7, 11) is 0. The lowest BCUT2D eigenvalue weighted by molar-refractivity contribution is -0.109. The zero-order valence-electron chi connectivity index (χ0n) is 8.51. The Morgan fingerprint density at radius 3 is 3.07 bits per heavy atom. The summed E-state index contributed by atoms with van der Waals surface area (Å²) >= 11 is 0. The lowest BCUT2D eigenvalue weighted by Crippen LogP contribution is -2.22. The van der Waals surface area contributed by atoms with Gasteiger partial charge >= 0.3 is 0 Å². The highest BCUT2D eigenvalue weighted by Gasteiger charge is 2.22. The quantitative estimate of drug-likeness (QED) is 0.691. The monoisotopic (exact) mass is 203 g/mol. The Morgan fingerprint density at radius 2 is 2.40 bits per heavy atom. The van der Waals surface area contributed by atoms with Gasteiger partial charge in [-0.25, -0.2) is 0 Å². The molecule has 3 nitrogen and oxygen atoms in total. The molecule has 0 spiro atoms. The van der Waals surface area contributed by atoms with Crippen LogP contribution in [0.4, 0.5) is 0 Å². The number of fused-ring (bicyclic) bond motifs is 1. The zero-order valence-corrected chi connectivity index (χ0v) is 8.51. The molecular weight excluding hydrogens is 190 g/mol. The number of allylic oxidation sites excluding steroid dienone is 4. The number of carbonyl (C=O) groups excluding carboxylic acids is 1. The maximum Gasteiger partial charge on any atom is 0.131 e. The molecule has 0 fully saturated rings. The van der Waals surface area contributed by atoms with Gasteiger partial charge in [0.25, 0.3) is 0 Å². The lowest BCUT2D eigenvalue weighted by atomic mass is 9.84. The van der Waals surface area contributed by atoms with Crippen LogP contribution in [0, 0.1) is 5.92 Å². The Morgan fingerprint density at radius 1 is 1.60 bits per heavy atom. The molecule has 0 aromatic heterocycles. The summed E-state index contributed by atoms with van der Waals surface area (Å²) < 4.78 is 5.06. The van der Waals surface area contributed by atoms with Crippen molar-refractivity contribution in [3.63, 3.8) is 0 Å². The van der Waals surface area contributed by atoms with Crippen LogP contribution in [0.3, 0.4) is 0 Å². The summed E-state index contributed by atoms with van der Waals surface area (Å²) in [6.45, 7) is 1.91. The minimum absolute atomic E-state index is 0.0576. The Hall–Kier alpha value is -1.61. The van der Waals surface area contributed by atoms with Crippen LogP contribution in [0.5, 0.6) is 0 Å². The van der Waals surface area contributed by atoms with Gasteiger partial charge in [-0.05, 0) is 30.2 Å². The molecule has 2 N–H and O–H groups in total. The summed E-state index contributed by atoms with van der Waals surface area (Å²) in [5.74, 6) is -0.240. The van der Waals surface area contributed by atoms with Gasteiger partial charge in [0.15, 0.2) is 0 Å². The van der Waals surface area contributed by atoms with Gasteiger partial charge in [-0.2, -0.15) is 0 Å². The van der Waals surface area contributed by atoms with E-state index < -0.39 is 0 Å². The molecule has 1 aliphatic carbocycles. The molecule has 2 atom stereocenters. The topological polar surface area (TPSA) is 52.3 Å². The van der Waals surface area contributed by atoms with Crippen LogP contribution in [0.25, 0.3) is 0 Å². The normalized spacial score (nSPS) is 25.5. The third kappa shape index (κ3) is 1.78. The first-order chi connectivity index (χ1) is 7.22. The second-order valence-electron chi connectivity index (χ2n) is 3.73. The van der Waals surface area contributed by atoms with E-state index in [2.05, 4.69) is 0 Å². The first-order valence-electron chi connectivity index (χ1n) is 4.89. The van der Waals surface area contributed by atoms with Crippen LogP contribution < -0.4 is 5.73 Å². The van der Waals surface area contributed by atoms with Crippen molar-refractivity contribution < 1.29 is 9.53 Å². The minimum Gasteiger partial charge on any atom is -0.472 e. The lowest BCUT2D eigenvalue weighted by Gasteiger charge is -2.23. The van der Waals surface area contributed by atoms with Crippen LogP contribution in [0.1, 0.15) is 6.92 Å². The fourth-order valence-electron chi connectivity index (χ4n) is 1.71. The molecule has 1 aliphatic heterocycles. The molecule has 3 heteroatoms. The minimum atomic E-state index is -0.240. The molecule has 0 radical (unpaired) electrons. The first kappa shape index (κ1) is 9.93. The molecule has 1 heterocycles. The summed E-state index contributed by atoms with van der Waals surface area (Å²) in [4.78, 5) is 10.9. The van der Waals surface area contributed by atoms with Crippen molar-refractivity contribution in [2.24, 2.45) is 11.7 Å². The van der Waals surface area contributed by atoms with Gasteiger partial charge < -0.3 is 15.3 Å². The molecule has 0 saturated carbocycles. The number of hydrogen-bond acceptors (Lipinski definition) is 3. The van der Waals surface area contributed by atoms with Gasteiger partial charge in [0.2, 0.25) is 0 Å². The van der Waals surface area contributed by atoms with E-state index in [1.165, 1.54) is 0 Å². The first-order valence-corrected chi connectivity index (χ1v) is 4.89. The van der Waals surface area contributed by atoms with Gasteiger partial charge in [-0.15, -0.1) is 0 Å². The van der Waals surface area contributed by atoms with Gasteiger partial charge in [-0.3, -0.25) is 0 Å². The number of nitrogens with two attached hydrogens (primary N) is 1. The molecular formula is C12H13NO2. The van der Waals surface area contributed by atoms with E-state index in [0.717, 1.165) is 23.0 Å². The molecule has 2 aliphatic rings. The van der Waals surface area contributed by atoms with E-state index >= 15 is 0 Å². The zero-order chi connectivity index (χ0) is 10.8. The highest BCUT2D eigenvalue weighted by molar-refractivity contribution is 5.70. The molecule has 15 heavy (non-hydrogen) atoms. The maximum atomic E-state index is 10.9. The van der Waals surface area contributed by atoms with Crippen molar-refractivity contribution in [3.05, 3.63) is 47.5 Å². The van der Waals surface area contributed by atoms with Crippen LogP contribution >= 0.6 is 0 Å². The van der Waals surface area contributed by atoms with E-state index in [-0.39, 0.29) is 12.0 Å². The fourth-order valence-corrected chi connectivity index (χ4v) is 1.71. The van der Waals surface area contributed by atoms with Gasteiger partial charge in [0, 0.05) is 11.6 Å². The number of hydrogen-bond donors (Lipinski definition) is 1. The third-order valence-electron chi connectivity index (χ3n) is 2.58. The van der Waals surface area contributed by atoms with E-state index in [4.69, 9.17) is 10.5 Å². The summed E-state index contributed by atoms with van der Waals surface area (Å²) in [5, 5.41) is 0. The average molecular weight is 203 g/mol.